The molecule has 0 saturated heterocycles. The van der Waals surface area contributed by atoms with Crippen LogP contribution in [0.15, 0.2) is 69.7 Å². The summed E-state index contributed by atoms with van der Waals surface area (Å²) in [6.07, 6.45) is 1.87. The van der Waals surface area contributed by atoms with Gasteiger partial charge in [0, 0.05) is 16.5 Å². The number of methoxy groups -OCH3 is 1. The van der Waals surface area contributed by atoms with Gasteiger partial charge in [-0.25, -0.2) is 4.79 Å². The summed E-state index contributed by atoms with van der Waals surface area (Å²) in [5, 5.41) is 10.9. The molecule has 3 rings (SSSR count). The van der Waals surface area contributed by atoms with Crippen molar-refractivity contribution in [3.63, 3.8) is 0 Å². The van der Waals surface area contributed by atoms with Crippen LogP contribution in [0.4, 0.5) is 0 Å². The molecule has 0 amide bonds. The van der Waals surface area contributed by atoms with E-state index in [1.807, 2.05) is 42.7 Å². The second kappa shape index (κ2) is 13.4. The molecule has 0 spiro atoms. The van der Waals surface area contributed by atoms with Crippen molar-refractivity contribution in [3.05, 3.63) is 70.9 Å². The zero-order valence-electron chi connectivity index (χ0n) is 22.0. The van der Waals surface area contributed by atoms with Crippen LogP contribution in [0.3, 0.4) is 0 Å². The molecule has 7 nitrogen and oxygen atoms in total. The molecule has 8 heteroatoms. The molecule has 1 heterocycles. The lowest BCUT2D eigenvalue weighted by Crippen LogP contribution is -2.37. The van der Waals surface area contributed by atoms with E-state index in [0.29, 0.717) is 35.6 Å². The molecule has 1 N–H and O–H groups in total. The summed E-state index contributed by atoms with van der Waals surface area (Å²) in [7, 11) is 1.59. The molecule has 2 aromatic carbocycles. The van der Waals surface area contributed by atoms with Crippen molar-refractivity contribution in [2.24, 2.45) is 10.9 Å². The number of aliphatic hydroxyl groups is 1. The van der Waals surface area contributed by atoms with E-state index in [9.17, 15) is 14.7 Å². The number of nitrogens with zero attached hydrogens (tertiary/aromatic N) is 1. The van der Waals surface area contributed by atoms with Gasteiger partial charge in [0.15, 0.2) is 0 Å². The predicted molar refractivity (Wildman–Crippen MR) is 145 cm³/mol. The maximum atomic E-state index is 13.4. The molecule has 0 aromatic heterocycles. The fourth-order valence-electron chi connectivity index (χ4n) is 4.57. The lowest BCUT2D eigenvalue weighted by atomic mass is 9.75. The number of ether oxygens (including phenoxy) is 3. The second-order valence-corrected chi connectivity index (χ2v) is 9.53. The highest BCUT2D eigenvalue weighted by Crippen LogP contribution is 2.42. The third-order valence-corrected chi connectivity index (χ3v) is 7.09. The van der Waals surface area contributed by atoms with Crippen molar-refractivity contribution in [1.29, 1.82) is 0 Å². The Morgan fingerprint density at radius 3 is 2.41 bits per heavy atom. The standard InChI is InChI=1S/C29H35NO6S/c1-6-35-28(32)25-18(3)30-23(15-16-24(31)19-11-13-21(34-4)14-12-19)27(29(33)36-7-2)26(25)20-9-8-10-22(17-20)37-5/h8-14,17,24-26,31H,6-7,15-16H2,1-5H3. The number of rotatable bonds is 11. The number of aliphatic imine (C=N–C) groups is 1. The molecule has 0 bridgehead atoms. The van der Waals surface area contributed by atoms with E-state index in [-0.39, 0.29) is 13.2 Å². The van der Waals surface area contributed by atoms with Gasteiger partial charge < -0.3 is 19.3 Å². The van der Waals surface area contributed by atoms with E-state index in [4.69, 9.17) is 19.2 Å². The Balaban J connectivity index is 2.06. The van der Waals surface area contributed by atoms with Crippen LogP contribution in [0.1, 0.15) is 56.8 Å². The Kier molecular flexibility index (Phi) is 10.3. The smallest absolute Gasteiger partial charge is 0.336 e. The fraction of sp³-hybridized carbons (Fsp3) is 0.414. The quantitative estimate of drug-likeness (QED) is 0.306. The van der Waals surface area contributed by atoms with Gasteiger partial charge in [0.25, 0.3) is 0 Å². The van der Waals surface area contributed by atoms with Gasteiger partial charge in [-0.15, -0.1) is 11.8 Å². The minimum Gasteiger partial charge on any atom is -0.497 e. The summed E-state index contributed by atoms with van der Waals surface area (Å²) in [6.45, 7) is 5.70. The fourth-order valence-corrected chi connectivity index (χ4v) is 5.04. The van der Waals surface area contributed by atoms with Crippen LogP contribution in [0.5, 0.6) is 5.75 Å². The normalized spacial score (nSPS) is 18.2. The number of aliphatic hydroxyl groups excluding tert-OH is 1. The van der Waals surface area contributed by atoms with Gasteiger partial charge in [-0.1, -0.05) is 24.3 Å². The zero-order chi connectivity index (χ0) is 26.9. The SMILES string of the molecule is CCOC(=O)C1=C(CCC(O)c2ccc(OC)cc2)N=C(C)C(C(=O)OCC)C1c1cccc(SC)c1. The van der Waals surface area contributed by atoms with Gasteiger partial charge >= 0.3 is 11.9 Å². The molecular formula is C29H35NO6S. The van der Waals surface area contributed by atoms with Crippen LogP contribution in [0.25, 0.3) is 0 Å². The number of thioether (sulfide) groups is 1. The van der Waals surface area contributed by atoms with E-state index in [2.05, 4.69) is 0 Å². The van der Waals surface area contributed by atoms with Crippen LogP contribution in [0.2, 0.25) is 0 Å². The van der Waals surface area contributed by atoms with E-state index in [1.54, 1.807) is 51.8 Å². The molecule has 0 aliphatic carbocycles. The van der Waals surface area contributed by atoms with Crippen molar-refractivity contribution >= 4 is 29.4 Å². The van der Waals surface area contributed by atoms with Crippen molar-refractivity contribution < 1.29 is 28.9 Å². The average molecular weight is 526 g/mol. The minimum absolute atomic E-state index is 0.189. The van der Waals surface area contributed by atoms with Crippen molar-refractivity contribution in [3.8, 4) is 5.75 Å². The summed E-state index contributed by atoms with van der Waals surface area (Å²) >= 11 is 1.58. The van der Waals surface area contributed by atoms with E-state index in [1.165, 1.54) is 0 Å². The molecule has 0 radical (unpaired) electrons. The molecule has 1 aliphatic heterocycles. The lowest BCUT2D eigenvalue weighted by Gasteiger charge is -2.32. The molecule has 0 fully saturated rings. The molecule has 37 heavy (non-hydrogen) atoms. The molecule has 3 unspecified atom stereocenters. The van der Waals surface area contributed by atoms with Crippen molar-refractivity contribution in [1.82, 2.24) is 0 Å². The first-order valence-electron chi connectivity index (χ1n) is 12.4. The summed E-state index contributed by atoms with van der Waals surface area (Å²) in [6, 6.07) is 15.0. The predicted octanol–water partition coefficient (Wildman–Crippen LogP) is 5.49. The van der Waals surface area contributed by atoms with E-state index < -0.39 is 29.9 Å². The molecule has 3 atom stereocenters. The number of hydrogen-bond acceptors (Lipinski definition) is 8. The summed E-state index contributed by atoms with van der Waals surface area (Å²) in [5.74, 6) is -1.61. The van der Waals surface area contributed by atoms with E-state index >= 15 is 0 Å². The number of hydrogen-bond donors (Lipinski definition) is 1. The Morgan fingerprint density at radius 2 is 1.78 bits per heavy atom. The first-order valence-corrected chi connectivity index (χ1v) is 13.6. The van der Waals surface area contributed by atoms with E-state index in [0.717, 1.165) is 16.0 Å². The summed E-state index contributed by atoms with van der Waals surface area (Å²) in [4.78, 5) is 32.3. The summed E-state index contributed by atoms with van der Waals surface area (Å²) < 4.78 is 16.1. The number of allylic oxidation sites excluding steroid dienone is 1. The van der Waals surface area contributed by atoms with Crippen LogP contribution < -0.4 is 4.74 Å². The molecule has 1 aliphatic rings. The van der Waals surface area contributed by atoms with Gasteiger partial charge in [0.1, 0.15) is 11.7 Å². The number of carbonyl (C=O) groups is 2. The average Bonchev–Trinajstić information content (AvgIpc) is 2.91. The third kappa shape index (κ3) is 6.81. The van der Waals surface area contributed by atoms with Gasteiger partial charge in [0.2, 0.25) is 0 Å². The summed E-state index contributed by atoms with van der Waals surface area (Å²) in [5.41, 5.74) is 2.98. The Morgan fingerprint density at radius 1 is 1.08 bits per heavy atom. The Bertz CT molecular complexity index is 1160. The van der Waals surface area contributed by atoms with Crippen LogP contribution in [-0.4, -0.2) is 49.3 Å². The van der Waals surface area contributed by atoms with Crippen LogP contribution >= 0.6 is 11.8 Å². The maximum absolute atomic E-state index is 13.4. The first-order chi connectivity index (χ1) is 17.8. The largest absolute Gasteiger partial charge is 0.497 e. The highest BCUT2D eigenvalue weighted by Gasteiger charge is 2.43. The highest BCUT2D eigenvalue weighted by molar-refractivity contribution is 7.98. The monoisotopic (exact) mass is 525 g/mol. The minimum atomic E-state index is -0.765. The number of esters is 2. The van der Waals surface area contributed by atoms with Crippen LogP contribution in [-0.2, 0) is 19.1 Å². The zero-order valence-corrected chi connectivity index (χ0v) is 22.8. The van der Waals surface area contributed by atoms with Gasteiger partial charge in [0.05, 0.1) is 37.7 Å². The molecule has 2 aromatic rings. The van der Waals surface area contributed by atoms with Gasteiger partial charge in [-0.05, 0) is 75.3 Å². The topological polar surface area (TPSA) is 94.4 Å². The first kappa shape index (κ1) is 28.5. The molecule has 198 valence electrons. The van der Waals surface area contributed by atoms with Crippen molar-refractivity contribution in [2.75, 3.05) is 26.6 Å². The highest BCUT2D eigenvalue weighted by atomic mass is 32.2. The number of carbonyl (C=O) groups excluding carboxylic acids is 2. The van der Waals surface area contributed by atoms with Gasteiger partial charge in [-0.2, -0.15) is 0 Å². The lowest BCUT2D eigenvalue weighted by molar-refractivity contribution is -0.146. The Labute approximate surface area is 222 Å². The van der Waals surface area contributed by atoms with Crippen LogP contribution in [0, 0.1) is 5.92 Å². The Hall–Kier alpha value is -3.10. The maximum Gasteiger partial charge on any atom is 0.336 e. The number of benzene rings is 2. The third-order valence-electron chi connectivity index (χ3n) is 6.36. The van der Waals surface area contributed by atoms with Gasteiger partial charge in [-0.3, -0.25) is 9.79 Å². The second-order valence-electron chi connectivity index (χ2n) is 8.65. The molecular weight excluding hydrogens is 490 g/mol. The van der Waals surface area contributed by atoms with Crippen molar-refractivity contribution in [2.45, 2.75) is 50.5 Å². The molecule has 0 saturated carbocycles.